The van der Waals surface area contributed by atoms with Crippen LogP contribution in [0.25, 0.3) is 0 Å². The van der Waals surface area contributed by atoms with Crippen molar-refractivity contribution in [1.29, 1.82) is 0 Å². The van der Waals surface area contributed by atoms with E-state index < -0.39 is 6.04 Å². The maximum atomic E-state index is 12.6. The number of amides is 2. The van der Waals surface area contributed by atoms with Gasteiger partial charge in [0.2, 0.25) is 5.91 Å². The van der Waals surface area contributed by atoms with E-state index in [2.05, 4.69) is 5.32 Å². The molecule has 7 heteroatoms. The molecule has 1 aliphatic heterocycles. The number of aldehydes is 1. The number of nitrogens with zero attached hydrogens (tertiary/aromatic N) is 1. The topological polar surface area (TPSA) is 102 Å². The van der Waals surface area contributed by atoms with Gasteiger partial charge in [0.1, 0.15) is 12.0 Å². The zero-order chi connectivity index (χ0) is 23.6. The van der Waals surface area contributed by atoms with Crippen LogP contribution < -0.4 is 15.8 Å². The van der Waals surface area contributed by atoms with E-state index in [1.807, 2.05) is 12.1 Å². The quantitative estimate of drug-likeness (QED) is 0.581. The van der Waals surface area contributed by atoms with Crippen molar-refractivity contribution in [3.05, 3.63) is 29.3 Å². The van der Waals surface area contributed by atoms with E-state index in [4.69, 9.17) is 10.5 Å². The van der Waals surface area contributed by atoms with Gasteiger partial charge in [0.15, 0.2) is 0 Å². The van der Waals surface area contributed by atoms with Gasteiger partial charge in [0.25, 0.3) is 5.91 Å². The Morgan fingerprint density at radius 3 is 2.48 bits per heavy atom. The molecule has 1 aromatic rings. The van der Waals surface area contributed by atoms with Gasteiger partial charge in [0, 0.05) is 25.6 Å². The molecule has 3 N–H and O–H groups in total. The first-order chi connectivity index (χ1) is 16.0. The lowest BCUT2D eigenvalue weighted by molar-refractivity contribution is -0.121. The molecule has 0 aromatic heterocycles. The highest BCUT2D eigenvalue weighted by Crippen LogP contribution is 2.31. The van der Waals surface area contributed by atoms with Crippen molar-refractivity contribution in [3.8, 4) is 5.75 Å². The van der Waals surface area contributed by atoms with Crippen LogP contribution in [0.2, 0.25) is 0 Å². The van der Waals surface area contributed by atoms with Crippen LogP contribution in [0.3, 0.4) is 0 Å². The van der Waals surface area contributed by atoms with Gasteiger partial charge in [0.05, 0.1) is 12.1 Å². The van der Waals surface area contributed by atoms with Crippen molar-refractivity contribution >= 4 is 18.1 Å². The first-order valence-corrected chi connectivity index (χ1v) is 12.5. The van der Waals surface area contributed by atoms with Gasteiger partial charge in [-0.05, 0) is 81.2 Å². The van der Waals surface area contributed by atoms with E-state index >= 15 is 0 Å². The molecule has 3 aliphatic rings. The minimum absolute atomic E-state index is 0.136. The van der Waals surface area contributed by atoms with Crippen molar-refractivity contribution in [2.24, 2.45) is 11.7 Å². The third-order valence-corrected chi connectivity index (χ3v) is 7.08. The van der Waals surface area contributed by atoms with E-state index in [-0.39, 0.29) is 24.3 Å². The Bertz CT molecular complexity index is 801. The second-order valence-electron chi connectivity index (χ2n) is 9.43. The summed E-state index contributed by atoms with van der Waals surface area (Å²) >= 11 is 0. The summed E-state index contributed by atoms with van der Waals surface area (Å²) in [4.78, 5) is 37.0. The van der Waals surface area contributed by atoms with Crippen molar-refractivity contribution in [2.45, 2.75) is 89.3 Å². The number of carbonyl (C=O) groups is 3. The second kappa shape index (κ2) is 12.7. The number of nitrogens with one attached hydrogen (secondary N) is 1. The molecule has 1 heterocycles. The Balaban J connectivity index is 0.000000323. The predicted molar refractivity (Wildman–Crippen MR) is 128 cm³/mol. The third kappa shape index (κ3) is 7.03. The zero-order valence-corrected chi connectivity index (χ0v) is 19.9. The fraction of sp³-hybridized carbons (Fsp3) is 0.654. The first kappa shape index (κ1) is 25.2. The van der Waals surface area contributed by atoms with Gasteiger partial charge in [-0.3, -0.25) is 9.59 Å². The molecule has 7 nitrogen and oxygen atoms in total. The van der Waals surface area contributed by atoms with Gasteiger partial charge in [-0.15, -0.1) is 0 Å². The first-order valence-electron chi connectivity index (χ1n) is 12.5. The largest absolute Gasteiger partial charge is 0.490 e. The summed E-state index contributed by atoms with van der Waals surface area (Å²) in [6, 6.07) is 4.93. The number of hydrogen-bond donors (Lipinski definition) is 2. The number of nitrogens with two attached hydrogens (primary N) is 1. The molecule has 2 amide bonds. The highest BCUT2D eigenvalue weighted by molar-refractivity contribution is 5.99. The minimum atomic E-state index is -0.587. The Morgan fingerprint density at radius 1 is 1.18 bits per heavy atom. The molecule has 1 atom stereocenters. The number of ether oxygens (including phenoxy) is 1. The lowest BCUT2D eigenvalue weighted by Crippen LogP contribution is -2.37. The molecule has 1 unspecified atom stereocenters. The van der Waals surface area contributed by atoms with E-state index in [1.54, 1.807) is 18.0 Å². The summed E-state index contributed by atoms with van der Waals surface area (Å²) < 4.78 is 6.00. The van der Waals surface area contributed by atoms with Crippen molar-refractivity contribution in [2.75, 3.05) is 13.6 Å². The Morgan fingerprint density at radius 2 is 1.88 bits per heavy atom. The molecule has 0 bridgehead atoms. The molecule has 0 saturated heterocycles. The van der Waals surface area contributed by atoms with Crippen LogP contribution in [0, 0.1) is 5.92 Å². The third-order valence-electron chi connectivity index (χ3n) is 7.08. The molecule has 0 spiro atoms. The Labute approximate surface area is 197 Å². The summed E-state index contributed by atoms with van der Waals surface area (Å²) in [5, 5.41) is 2.53. The number of rotatable bonds is 8. The van der Waals surface area contributed by atoms with Gasteiger partial charge in [-0.25, -0.2) is 0 Å². The van der Waals surface area contributed by atoms with Crippen molar-refractivity contribution in [1.82, 2.24) is 10.2 Å². The van der Waals surface area contributed by atoms with Gasteiger partial charge in [-0.2, -0.15) is 0 Å². The highest BCUT2D eigenvalue weighted by atomic mass is 16.5. The molecule has 4 rings (SSSR count). The normalized spacial score (nSPS) is 19.5. The number of hydrogen-bond acceptors (Lipinski definition) is 5. The van der Waals surface area contributed by atoms with Crippen molar-refractivity contribution < 1.29 is 19.1 Å². The van der Waals surface area contributed by atoms with Crippen LogP contribution in [-0.2, 0) is 16.1 Å². The molecule has 182 valence electrons. The monoisotopic (exact) mass is 457 g/mol. The smallest absolute Gasteiger partial charge is 0.255 e. The number of benzene rings is 1. The van der Waals surface area contributed by atoms with E-state index in [9.17, 15) is 14.4 Å². The summed E-state index contributed by atoms with van der Waals surface area (Å²) in [5.41, 5.74) is 7.00. The number of fused-ring (bicyclic) bond motifs is 1. The SMILES string of the molecule is CNC(=O)CCC(C=O)N1Cc2cc(OC3CCCC3)ccc2C1=O.NCC1CCCCC1. The molecular weight excluding hydrogens is 418 g/mol. The number of carbonyl (C=O) groups excluding carboxylic acids is 3. The van der Waals surface area contributed by atoms with Crippen LogP contribution >= 0.6 is 0 Å². The van der Waals surface area contributed by atoms with Crippen LogP contribution in [0.15, 0.2) is 18.2 Å². The zero-order valence-electron chi connectivity index (χ0n) is 19.9. The lowest BCUT2D eigenvalue weighted by atomic mass is 9.90. The average Bonchev–Trinajstić information content (AvgIpc) is 3.48. The maximum absolute atomic E-state index is 12.6. The predicted octanol–water partition coefficient (Wildman–Crippen LogP) is 3.58. The van der Waals surface area contributed by atoms with Crippen molar-refractivity contribution in [3.63, 3.8) is 0 Å². The average molecular weight is 458 g/mol. The Hall–Kier alpha value is -2.41. The second-order valence-corrected chi connectivity index (χ2v) is 9.43. The van der Waals surface area contributed by atoms with E-state index in [0.717, 1.165) is 42.9 Å². The van der Waals surface area contributed by atoms with Gasteiger partial charge in [-0.1, -0.05) is 19.3 Å². The molecule has 2 saturated carbocycles. The standard InChI is InChI=1S/C19H24N2O4.C7H15N/c1-20-18(23)9-6-14(12-22)21-11-13-10-16(7-8-17(13)19(21)24)25-15-4-2-3-5-15;8-6-7-4-2-1-3-5-7/h7-8,10,12,14-15H,2-6,9,11H2,1H3,(H,20,23);7H,1-6,8H2. The van der Waals surface area contributed by atoms with Crippen LogP contribution in [0.4, 0.5) is 0 Å². The summed E-state index contributed by atoms with van der Waals surface area (Å²) in [7, 11) is 1.56. The summed E-state index contributed by atoms with van der Waals surface area (Å²) in [6.07, 6.45) is 13.2. The minimum Gasteiger partial charge on any atom is -0.490 e. The fourth-order valence-corrected chi connectivity index (χ4v) is 4.98. The molecule has 0 radical (unpaired) electrons. The summed E-state index contributed by atoms with van der Waals surface area (Å²) in [6.45, 7) is 1.30. The molecule has 33 heavy (non-hydrogen) atoms. The Kier molecular flexibility index (Phi) is 9.73. The van der Waals surface area contributed by atoms with Crippen LogP contribution in [0.1, 0.15) is 86.6 Å². The molecule has 2 fully saturated rings. The molecule has 2 aliphatic carbocycles. The van der Waals surface area contributed by atoms with E-state index in [1.165, 1.54) is 44.9 Å². The molecule has 1 aromatic carbocycles. The van der Waals surface area contributed by atoms with Gasteiger partial charge < -0.3 is 25.5 Å². The van der Waals surface area contributed by atoms with Crippen LogP contribution in [0.5, 0.6) is 5.75 Å². The lowest BCUT2D eigenvalue weighted by Gasteiger charge is -2.22. The molecular formula is C26H39N3O4. The maximum Gasteiger partial charge on any atom is 0.255 e. The van der Waals surface area contributed by atoms with Gasteiger partial charge >= 0.3 is 0 Å². The van der Waals surface area contributed by atoms with E-state index in [0.29, 0.717) is 18.5 Å². The van der Waals surface area contributed by atoms with Crippen LogP contribution in [-0.4, -0.2) is 48.7 Å². The summed E-state index contributed by atoms with van der Waals surface area (Å²) in [5.74, 6) is 1.36. The highest BCUT2D eigenvalue weighted by Gasteiger charge is 2.33. The fourth-order valence-electron chi connectivity index (χ4n) is 4.98.